The molecule has 0 unspecified atom stereocenters. The molecule has 0 fully saturated rings. The maximum atomic E-state index is 13.0. The lowest BCUT2D eigenvalue weighted by Gasteiger charge is -2.10. The van der Waals surface area contributed by atoms with Crippen LogP contribution in [0.5, 0.6) is 0 Å². The summed E-state index contributed by atoms with van der Waals surface area (Å²) in [6.45, 7) is 1.95. The second-order valence-corrected chi connectivity index (χ2v) is 6.17. The summed E-state index contributed by atoms with van der Waals surface area (Å²) < 4.78 is 0. The number of halogens is 1. The third kappa shape index (κ3) is 3.10. The van der Waals surface area contributed by atoms with Gasteiger partial charge >= 0.3 is 0 Å². The van der Waals surface area contributed by atoms with Crippen molar-refractivity contribution < 1.29 is 9.59 Å². The maximum Gasteiger partial charge on any atom is 0.195 e. The Morgan fingerprint density at radius 1 is 1.33 bits per heavy atom. The second-order valence-electron chi connectivity index (χ2n) is 5.73. The van der Waals surface area contributed by atoms with Crippen LogP contribution < -0.4 is 0 Å². The minimum Gasteiger partial charge on any atom is -0.345 e. The SMILES string of the molecule is Cc1c(CCCC=O)cccc1C(=O)c1c[nH]c2ncc(Cl)cc12. The van der Waals surface area contributed by atoms with E-state index in [1.807, 2.05) is 25.1 Å². The zero-order valence-corrected chi connectivity index (χ0v) is 14.1. The summed E-state index contributed by atoms with van der Waals surface area (Å²) in [7, 11) is 0. The molecule has 0 aliphatic heterocycles. The summed E-state index contributed by atoms with van der Waals surface area (Å²) >= 11 is 6.01. The predicted octanol–water partition coefficient (Wildman–Crippen LogP) is 4.28. The topological polar surface area (TPSA) is 62.8 Å². The van der Waals surface area contributed by atoms with Crippen LogP contribution in [0.3, 0.4) is 0 Å². The van der Waals surface area contributed by atoms with Crippen molar-refractivity contribution in [1.82, 2.24) is 9.97 Å². The van der Waals surface area contributed by atoms with Crippen LogP contribution in [0.2, 0.25) is 5.02 Å². The van der Waals surface area contributed by atoms with Crippen LogP contribution in [-0.2, 0) is 11.2 Å². The molecular formula is C19H17ClN2O2. The first-order valence-electron chi connectivity index (χ1n) is 7.81. The Morgan fingerprint density at radius 2 is 2.17 bits per heavy atom. The third-order valence-corrected chi connectivity index (χ3v) is 4.41. The van der Waals surface area contributed by atoms with Gasteiger partial charge in [-0.2, -0.15) is 0 Å². The third-order valence-electron chi connectivity index (χ3n) is 4.20. The highest BCUT2D eigenvalue weighted by molar-refractivity contribution is 6.31. The molecule has 0 saturated heterocycles. The molecular weight excluding hydrogens is 324 g/mol. The van der Waals surface area contributed by atoms with E-state index in [2.05, 4.69) is 9.97 Å². The van der Waals surface area contributed by atoms with Gasteiger partial charge in [0, 0.05) is 35.3 Å². The summed E-state index contributed by atoms with van der Waals surface area (Å²) in [4.78, 5) is 30.7. The van der Waals surface area contributed by atoms with Crippen LogP contribution in [0.15, 0.2) is 36.7 Å². The Balaban J connectivity index is 1.98. The van der Waals surface area contributed by atoms with Crippen LogP contribution >= 0.6 is 11.6 Å². The zero-order valence-electron chi connectivity index (χ0n) is 13.3. The van der Waals surface area contributed by atoms with Crippen molar-refractivity contribution in [2.75, 3.05) is 0 Å². The Hall–Kier alpha value is -2.46. The molecule has 0 atom stereocenters. The number of hydrogen-bond donors (Lipinski definition) is 1. The fourth-order valence-corrected chi connectivity index (χ4v) is 3.04. The summed E-state index contributed by atoms with van der Waals surface area (Å²) in [5.74, 6) is -0.0555. The number of nitrogens with one attached hydrogen (secondary N) is 1. The summed E-state index contributed by atoms with van der Waals surface area (Å²) in [6.07, 6.45) is 6.25. The van der Waals surface area contributed by atoms with Crippen LogP contribution in [0.1, 0.15) is 39.9 Å². The standard InChI is InChI=1S/C19H17ClN2O2/c1-12-13(5-2-3-8-23)6-4-7-15(12)18(24)17-11-22-19-16(17)9-14(20)10-21-19/h4,6-11H,2-3,5H2,1H3,(H,21,22). The van der Waals surface area contributed by atoms with E-state index >= 15 is 0 Å². The lowest BCUT2D eigenvalue weighted by molar-refractivity contribution is -0.107. The monoisotopic (exact) mass is 340 g/mol. The van der Waals surface area contributed by atoms with Gasteiger partial charge < -0.3 is 9.78 Å². The maximum absolute atomic E-state index is 13.0. The molecule has 5 heteroatoms. The van der Waals surface area contributed by atoms with E-state index < -0.39 is 0 Å². The van der Waals surface area contributed by atoms with Crippen LogP contribution in [0.4, 0.5) is 0 Å². The number of H-pyrrole nitrogens is 1. The number of benzene rings is 1. The van der Waals surface area contributed by atoms with Crippen LogP contribution in [0.25, 0.3) is 11.0 Å². The first-order valence-corrected chi connectivity index (χ1v) is 8.19. The van der Waals surface area contributed by atoms with Gasteiger partial charge in [0.25, 0.3) is 0 Å². The van der Waals surface area contributed by atoms with Crippen LogP contribution in [0, 0.1) is 6.92 Å². The highest BCUT2D eigenvalue weighted by Gasteiger charge is 2.18. The van der Waals surface area contributed by atoms with E-state index in [1.54, 1.807) is 18.5 Å². The molecule has 4 nitrogen and oxygen atoms in total. The number of aldehydes is 1. The number of hydrogen-bond acceptors (Lipinski definition) is 3. The fraction of sp³-hybridized carbons (Fsp3) is 0.211. The van der Waals surface area contributed by atoms with Crippen molar-refractivity contribution in [2.24, 2.45) is 0 Å². The minimum absolute atomic E-state index is 0.0555. The molecule has 2 aromatic heterocycles. The molecule has 1 aromatic carbocycles. The largest absolute Gasteiger partial charge is 0.345 e. The molecule has 0 aliphatic rings. The number of ketones is 1. The van der Waals surface area contributed by atoms with Crippen LogP contribution in [-0.4, -0.2) is 22.0 Å². The van der Waals surface area contributed by atoms with Gasteiger partial charge in [0.1, 0.15) is 11.9 Å². The fourth-order valence-electron chi connectivity index (χ4n) is 2.89. The van der Waals surface area contributed by atoms with E-state index in [9.17, 15) is 9.59 Å². The number of aromatic amines is 1. The van der Waals surface area contributed by atoms with E-state index in [0.717, 1.165) is 35.6 Å². The predicted molar refractivity (Wildman–Crippen MR) is 94.7 cm³/mol. The van der Waals surface area contributed by atoms with Gasteiger partial charge in [-0.1, -0.05) is 29.8 Å². The van der Waals surface area contributed by atoms with Gasteiger partial charge in [-0.3, -0.25) is 4.79 Å². The van der Waals surface area contributed by atoms with Gasteiger partial charge in [-0.15, -0.1) is 0 Å². The number of unbranched alkanes of at least 4 members (excludes halogenated alkanes) is 1. The average Bonchev–Trinajstić information content (AvgIpc) is 2.99. The van der Waals surface area contributed by atoms with Gasteiger partial charge in [0.15, 0.2) is 5.78 Å². The summed E-state index contributed by atoms with van der Waals surface area (Å²) in [5.41, 5.74) is 3.92. The first-order chi connectivity index (χ1) is 11.6. The van der Waals surface area contributed by atoms with E-state index in [4.69, 9.17) is 11.6 Å². The van der Waals surface area contributed by atoms with Crippen molar-refractivity contribution in [3.05, 3.63) is 63.9 Å². The lowest BCUT2D eigenvalue weighted by atomic mass is 9.93. The highest BCUT2D eigenvalue weighted by atomic mass is 35.5. The smallest absolute Gasteiger partial charge is 0.195 e. The molecule has 0 spiro atoms. The average molecular weight is 341 g/mol. The van der Waals surface area contributed by atoms with Crippen molar-refractivity contribution in [1.29, 1.82) is 0 Å². The number of fused-ring (bicyclic) bond motifs is 1. The highest BCUT2D eigenvalue weighted by Crippen LogP contribution is 2.25. The zero-order chi connectivity index (χ0) is 17.1. The Bertz CT molecular complexity index is 915. The number of nitrogens with zero attached hydrogens (tertiary/aromatic N) is 1. The molecule has 0 amide bonds. The Morgan fingerprint density at radius 3 is 2.96 bits per heavy atom. The van der Waals surface area contributed by atoms with Crippen molar-refractivity contribution in [2.45, 2.75) is 26.2 Å². The van der Waals surface area contributed by atoms with Crippen molar-refractivity contribution in [3.8, 4) is 0 Å². The number of rotatable bonds is 6. The van der Waals surface area contributed by atoms with Gasteiger partial charge in [0.05, 0.1) is 5.02 Å². The Kier molecular flexibility index (Phi) is 4.76. The number of pyridine rings is 1. The number of carbonyl (C=O) groups excluding carboxylic acids is 2. The normalized spacial score (nSPS) is 10.9. The van der Waals surface area contributed by atoms with Gasteiger partial charge in [-0.25, -0.2) is 4.98 Å². The van der Waals surface area contributed by atoms with Gasteiger partial charge in [-0.05, 0) is 37.0 Å². The molecule has 2 heterocycles. The summed E-state index contributed by atoms with van der Waals surface area (Å²) in [6, 6.07) is 7.47. The number of carbonyl (C=O) groups is 2. The van der Waals surface area contributed by atoms with Crippen molar-refractivity contribution >= 4 is 34.7 Å². The van der Waals surface area contributed by atoms with E-state index in [1.165, 1.54) is 0 Å². The molecule has 0 radical (unpaired) electrons. The number of aromatic nitrogens is 2. The second kappa shape index (κ2) is 6.97. The number of aryl methyl sites for hydroxylation is 1. The molecule has 24 heavy (non-hydrogen) atoms. The molecule has 1 N–H and O–H groups in total. The van der Waals surface area contributed by atoms with Gasteiger partial charge in [0.2, 0.25) is 0 Å². The molecule has 3 aromatic rings. The minimum atomic E-state index is -0.0555. The molecule has 0 aliphatic carbocycles. The van der Waals surface area contributed by atoms with E-state index in [-0.39, 0.29) is 5.78 Å². The Labute approximate surface area is 144 Å². The lowest BCUT2D eigenvalue weighted by Crippen LogP contribution is -2.05. The molecule has 0 bridgehead atoms. The first kappa shape index (κ1) is 16.4. The molecule has 3 rings (SSSR count). The van der Waals surface area contributed by atoms with E-state index in [0.29, 0.717) is 28.2 Å². The molecule has 0 saturated carbocycles. The quantitative estimate of drug-likeness (QED) is 0.414. The molecule has 122 valence electrons. The van der Waals surface area contributed by atoms with Crippen molar-refractivity contribution in [3.63, 3.8) is 0 Å². The summed E-state index contributed by atoms with van der Waals surface area (Å²) in [5, 5.41) is 1.22.